The van der Waals surface area contributed by atoms with Crippen LogP contribution in [0, 0.1) is 19.3 Å². The van der Waals surface area contributed by atoms with Gasteiger partial charge in [-0.2, -0.15) is 23.2 Å². The van der Waals surface area contributed by atoms with Crippen LogP contribution in [0.2, 0.25) is 0 Å². The number of aryl methyl sites for hydroxylation is 1. The van der Waals surface area contributed by atoms with Crippen LogP contribution in [0.5, 0.6) is 0 Å². The molecule has 1 aromatic carbocycles. The van der Waals surface area contributed by atoms with Crippen LogP contribution in [0.1, 0.15) is 29.4 Å². The molecule has 0 radical (unpaired) electrons. The Kier molecular flexibility index (Phi) is 5.80. The Hall–Kier alpha value is -2.79. The number of nitrogens with one attached hydrogen (secondary N) is 1. The summed E-state index contributed by atoms with van der Waals surface area (Å²) < 4.78 is 41.9. The zero-order chi connectivity index (χ0) is 23.2. The van der Waals surface area contributed by atoms with E-state index in [0.717, 1.165) is 17.9 Å². The van der Waals surface area contributed by atoms with Crippen LogP contribution in [0.3, 0.4) is 0 Å². The van der Waals surface area contributed by atoms with Gasteiger partial charge in [0.05, 0.1) is 11.1 Å². The summed E-state index contributed by atoms with van der Waals surface area (Å²) in [6.07, 6.45) is -2.90. The molecule has 2 aliphatic heterocycles. The van der Waals surface area contributed by atoms with Crippen molar-refractivity contribution in [3.05, 3.63) is 58.4 Å². The molecular weight excluding hydrogens is 459 g/mol. The summed E-state index contributed by atoms with van der Waals surface area (Å²) in [4.78, 5) is 16.7. The van der Waals surface area contributed by atoms with Crippen LogP contribution < -0.4 is 0 Å². The molecule has 0 fully saturated rings. The zero-order valence-corrected chi connectivity index (χ0v) is 19.0. The van der Waals surface area contributed by atoms with E-state index in [4.69, 9.17) is 5.41 Å². The summed E-state index contributed by atoms with van der Waals surface area (Å²) in [5, 5.41) is 14.5. The number of benzene rings is 1. The number of carbonyl (C=O) groups excluding carboxylic acids is 1. The number of hydrogen-bond acceptors (Lipinski definition) is 5. The van der Waals surface area contributed by atoms with E-state index in [9.17, 15) is 18.0 Å². The van der Waals surface area contributed by atoms with Gasteiger partial charge in [-0.05, 0) is 67.3 Å². The smallest absolute Gasteiger partial charge is 0.318 e. The largest absolute Gasteiger partial charge is 0.416 e. The molecule has 3 heterocycles. The number of carbonyl (C=O) groups is 1. The van der Waals surface area contributed by atoms with Crippen molar-refractivity contribution in [2.45, 2.75) is 26.9 Å². The van der Waals surface area contributed by atoms with Crippen molar-refractivity contribution < 1.29 is 18.0 Å². The van der Waals surface area contributed by atoms with Gasteiger partial charge < -0.3 is 4.57 Å². The Morgan fingerprint density at radius 2 is 2.00 bits per heavy atom. The normalized spacial score (nSPS) is 17.7. The zero-order valence-electron chi connectivity index (χ0n) is 17.3. The Morgan fingerprint density at radius 1 is 1.25 bits per heavy atom. The van der Waals surface area contributed by atoms with Crippen LogP contribution in [0.15, 0.2) is 46.0 Å². The van der Waals surface area contributed by atoms with Crippen molar-refractivity contribution in [1.82, 2.24) is 9.58 Å². The standard InChI is InChI=1S/C21H18F3N5OS2/c1-4-31-20-27-29-17(25)16(18(30)26-19(29)32-20)9-13-8-11(2)28(12(13)3)15-7-5-6-14(10-15)21(22,23)24/h5-10,25H,4H2,1-3H3/b16-9-,25-17?. The highest BCUT2D eigenvalue weighted by Gasteiger charge is 2.36. The highest BCUT2D eigenvalue weighted by molar-refractivity contribution is 8.45. The van der Waals surface area contributed by atoms with Gasteiger partial charge in [0.15, 0.2) is 10.2 Å². The minimum atomic E-state index is -4.45. The molecule has 1 amide bonds. The molecular formula is C21H18F3N5OS2. The molecule has 166 valence electrons. The van der Waals surface area contributed by atoms with E-state index in [1.54, 1.807) is 36.6 Å². The van der Waals surface area contributed by atoms with Gasteiger partial charge in [-0.3, -0.25) is 10.2 Å². The number of alkyl halides is 3. The van der Waals surface area contributed by atoms with E-state index in [-0.39, 0.29) is 11.4 Å². The average Bonchev–Trinajstić information content (AvgIpc) is 3.25. The number of aliphatic imine (C=N–C) groups is 1. The fourth-order valence-electron chi connectivity index (χ4n) is 3.46. The third-order valence-corrected chi connectivity index (χ3v) is 6.83. The van der Waals surface area contributed by atoms with Crippen LogP contribution in [0.25, 0.3) is 11.8 Å². The highest BCUT2D eigenvalue weighted by atomic mass is 32.2. The minimum absolute atomic E-state index is 0.0742. The quantitative estimate of drug-likeness (QED) is 0.598. The van der Waals surface area contributed by atoms with Crippen molar-refractivity contribution in [2.75, 3.05) is 5.75 Å². The summed E-state index contributed by atoms with van der Waals surface area (Å²) in [6, 6.07) is 6.84. The molecule has 0 aliphatic carbocycles. The molecule has 0 bridgehead atoms. The molecule has 0 spiro atoms. The lowest BCUT2D eigenvalue weighted by Crippen LogP contribution is -2.35. The highest BCUT2D eigenvalue weighted by Crippen LogP contribution is 2.34. The first-order valence-electron chi connectivity index (χ1n) is 9.59. The molecule has 1 N–H and O–H groups in total. The molecule has 0 unspecified atom stereocenters. The molecule has 0 saturated carbocycles. The van der Waals surface area contributed by atoms with Gasteiger partial charge >= 0.3 is 6.18 Å². The number of fused-ring (bicyclic) bond motifs is 1. The Morgan fingerprint density at radius 3 is 2.69 bits per heavy atom. The molecule has 2 aliphatic rings. The molecule has 0 saturated heterocycles. The molecule has 2 aromatic rings. The second kappa shape index (κ2) is 8.28. The van der Waals surface area contributed by atoms with E-state index in [1.807, 2.05) is 6.92 Å². The Balaban J connectivity index is 1.73. The van der Waals surface area contributed by atoms with Crippen molar-refractivity contribution in [3.63, 3.8) is 0 Å². The maximum atomic E-state index is 13.2. The average molecular weight is 478 g/mol. The fourth-order valence-corrected chi connectivity index (χ4v) is 5.29. The SMILES string of the molecule is CCSC1=NN2C(=N)/C(=C/c3cc(C)n(-c4cccc(C(F)(F)F)c4)c3C)C(=O)N=C2S1. The van der Waals surface area contributed by atoms with E-state index < -0.39 is 17.6 Å². The fraction of sp³-hybridized carbons (Fsp3) is 0.238. The van der Waals surface area contributed by atoms with Crippen molar-refractivity contribution in [1.29, 1.82) is 5.41 Å². The first-order chi connectivity index (χ1) is 15.1. The van der Waals surface area contributed by atoms with E-state index in [1.165, 1.54) is 34.6 Å². The van der Waals surface area contributed by atoms with Gasteiger partial charge in [-0.1, -0.05) is 24.8 Å². The molecule has 0 atom stereocenters. The van der Waals surface area contributed by atoms with Crippen molar-refractivity contribution in [3.8, 4) is 5.69 Å². The van der Waals surface area contributed by atoms with Gasteiger partial charge in [0.25, 0.3) is 5.91 Å². The maximum absolute atomic E-state index is 13.2. The number of rotatable bonds is 3. The number of hydrogen-bond donors (Lipinski definition) is 1. The lowest BCUT2D eigenvalue weighted by molar-refractivity contribution is -0.137. The Bertz CT molecular complexity index is 1230. The number of halogens is 3. The molecule has 6 nitrogen and oxygen atoms in total. The van der Waals surface area contributed by atoms with Gasteiger partial charge in [-0.15, -0.1) is 5.10 Å². The molecule has 32 heavy (non-hydrogen) atoms. The third kappa shape index (κ3) is 4.02. The first kappa shape index (κ1) is 22.4. The van der Waals surface area contributed by atoms with Crippen LogP contribution in [-0.2, 0) is 11.0 Å². The Labute approximate surface area is 190 Å². The molecule has 4 rings (SSSR count). The van der Waals surface area contributed by atoms with E-state index in [2.05, 4.69) is 10.1 Å². The second-order valence-electron chi connectivity index (χ2n) is 7.03. The van der Waals surface area contributed by atoms with Crippen molar-refractivity contribution in [2.24, 2.45) is 10.1 Å². The topological polar surface area (TPSA) is 73.8 Å². The van der Waals surface area contributed by atoms with E-state index in [0.29, 0.717) is 32.2 Å². The predicted octanol–water partition coefficient (Wildman–Crippen LogP) is 5.44. The van der Waals surface area contributed by atoms with Gasteiger partial charge in [-0.25, -0.2) is 0 Å². The summed E-state index contributed by atoms with van der Waals surface area (Å²) in [5.74, 6) is 0.178. The van der Waals surface area contributed by atoms with Gasteiger partial charge in [0.1, 0.15) is 0 Å². The number of nitrogens with zero attached hydrogens (tertiary/aromatic N) is 4. The van der Waals surface area contributed by atoms with Crippen LogP contribution in [0.4, 0.5) is 13.2 Å². The lowest BCUT2D eigenvalue weighted by Gasteiger charge is -2.20. The monoisotopic (exact) mass is 477 g/mol. The summed E-state index contributed by atoms with van der Waals surface area (Å²) in [6.45, 7) is 5.51. The van der Waals surface area contributed by atoms with Gasteiger partial charge in [0, 0.05) is 17.1 Å². The maximum Gasteiger partial charge on any atom is 0.416 e. The van der Waals surface area contributed by atoms with E-state index >= 15 is 0 Å². The predicted molar refractivity (Wildman–Crippen MR) is 123 cm³/mol. The summed E-state index contributed by atoms with van der Waals surface area (Å²) in [7, 11) is 0. The lowest BCUT2D eigenvalue weighted by atomic mass is 10.1. The molecule has 1 aromatic heterocycles. The number of aromatic nitrogens is 1. The summed E-state index contributed by atoms with van der Waals surface area (Å²) >= 11 is 2.75. The first-order valence-corrected chi connectivity index (χ1v) is 11.4. The second-order valence-corrected chi connectivity index (χ2v) is 9.50. The summed E-state index contributed by atoms with van der Waals surface area (Å²) in [5.41, 5.74) is 1.66. The number of hydrazone groups is 1. The van der Waals surface area contributed by atoms with Crippen LogP contribution in [-0.4, -0.2) is 36.6 Å². The van der Waals surface area contributed by atoms with Crippen LogP contribution >= 0.6 is 23.5 Å². The number of thioether (sulfide) groups is 2. The van der Waals surface area contributed by atoms with Gasteiger partial charge in [0.2, 0.25) is 5.17 Å². The number of amides is 1. The minimum Gasteiger partial charge on any atom is -0.318 e. The number of amidine groups is 2. The third-order valence-electron chi connectivity index (χ3n) is 4.91. The van der Waals surface area contributed by atoms with Crippen molar-refractivity contribution >= 4 is 50.9 Å². The molecule has 11 heteroatoms.